The summed E-state index contributed by atoms with van der Waals surface area (Å²) in [6, 6.07) is 7.25. The van der Waals surface area contributed by atoms with Gasteiger partial charge in [-0.15, -0.1) is 0 Å². The van der Waals surface area contributed by atoms with E-state index in [0.29, 0.717) is 25.3 Å². The van der Waals surface area contributed by atoms with Gasteiger partial charge in [-0.25, -0.2) is 0 Å². The highest BCUT2D eigenvalue weighted by Gasteiger charge is 2.17. The maximum Gasteiger partial charge on any atom is 0.307 e. The molecule has 0 aliphatic carbocycles. The van der Waals surface area contributed by atoms with E-state index >= 15 is 0 Å². The zero-order chi connectivity index (χ0) is 17.2. The Morgan fingerprint density at radius 2 is 1.78 bits per heavy atom. The monoisotopic (exact) mass is 320 g/mol. The van der Waals surface area contributed by atoms with E-state index < -0.39 is 0 Å². The molecule has 0 bridgehead atoms. The zero-order valence-electron chi connectivity index (χ0n) is 13.9. The summed E-state index contributed by atoms with van der Waals surface area (Å²) in [4.78, 5) is 36.6. The van der Waals surface area contributed by atoms with Crippen molar-refractivity contribution < 1.29 is 19.1 Å². The van der Waals surface area contributed by atoms with Gasteiger partial charge in [-0.3, -0.25) is 14.4 Å². The number of nitrogens with one attached hydrogen (secondary N) is 1. The summed E-state index contributed by atoms with van der Waals surface area (Å²) in [7, 11) is 0. The Labute approximate surface area is 136 Å². The molecule has 23 heavy (non-hydrogen) atoms. The molecule has 0 unspecified atom stereocenters. The lowest BCUT2D eigenvalue weighted by Gasteiger charge is -2.22. The predicted octanol–water partition coefficient (Wildman–Crippen LogP) is 1.53. The first-order valence-corrected chi connectivity index (χ1v) is 7.70. The van der Waals surface area contributed by atoms with Gasteiger partial charge in [-0.1, -0.05) is 17.7 Å². The van der Waals surface area contributed by atoms with Crippen LogP contribution in [-0.2, 0) is 14.3 Å². The summed E-state index contributed by atoms with van der Waals surface area (Å²) in [5, 5.41) is 2.66. The van der Waals surface area contributed by atoms with Crippen LogP contribution in [0.2, 0.25) is 0 Å². The minimum atomic E-state index is -0.339. The molecule has 0 saturated carbocycles. The third kappa shape index (κ3) is 6.95. The number of esters is 1. The van der Waals surface area contributed by atoms with Crippen LogP contribution in [0.4, 0.5) is 0 Å². The molecule has 1 rings (SSSR count). The van der Waals surface area contributed by atoms with Crippen molar-refractivity contribution in [2.45, 2.75) is 27.2 Å². The number of hydrogen-bond donors (Lipinski definition) is 1. The minimum absolute atomic E-state index is 0.130. The van der Waals surface area contributed by atoms with Crippen molar-refractivity contribution in [1.29, 1.82) is 0 Å². The molecule has 0 aliphatic heterocycles. The van der Waals surface area contributed by atoms with Gasteiger partial charge >= 0.3 is 5.97 Å². The first kappa shape index (κ1) is 18.7. The van der Waals surface area contributed by atoms with Crippen LogP contribution < -0.4 is 5.32 Å². The molecule has 0 radical (unpaired) electrons. The topological polar surface area (TPSA) is 75.7 Å². The minimum Gasteiger partial charge on any atom is -0.466 e. The van der Waals surface area contributed by atoms with E-state index in [0.717, 1.165) is 5.56 Å². The number of hydrogen-bond acceptors (Lipinski definition) is 4. The van der Waals surface area contributed by atoms with Crippen molar-refractivity contribution in [3.63, 3.8) is 0 Å². The number of benzene rings is 1. The Morgan fingerprint density at radius 3 is 2.35 bits per heavy atom. The van der Waals surface area contributed by atoms with Crippen LogP contribution in [0.25, 0.3) is 0 Å². The summed E-state index contributed by atoms with van der Waals surface area (Å²) < 4.78 is 4.89. The Balaban J connectivity index is 2.71. The van der Waals surface area contributed by atoms with Crippen molar-refractivity contribution in [2.75, 3.05) is 26.2 Å². The number of aryl methyl sites for hydroxylation is 1. The summed E-state index contributed by atoms with van der Waals surface area (Å²) >= 11 is 0. The number of carbonyl (C=O) groups is 3. The average Bonchev–Trinajstić information content (AvgIpc) is 2.50. The van der Waals surface area contributed by atoms with Crippen molar-refractivity contribution in [3.8, 4) is 0 Å². The van der Waals surface area contributed by atoms with E-state index in [1.165, 1.54) is 6.92 Å². The second kappa shape index (κ2) is 9.61. The number of rotatable bonds is 8. The third-order valence-electron chi connectivity index (χ3n) is 3.23. The summed E-state index contributed by atoms with van der Waals surface area (Å²) in [5.41, 5.74) is 1.63. The molecule has 1 aromatic carbocycles. The molecule has 6 nitrogen and oxygen atoms in total. The van der Waals surface area contributed by atoms with Crippen molar-refractivity contribution >= 4 is 17.8 Å². The molecule has 126 valence electrons. The summed E-state index contributed by atoms with van der Waals surface area (Å²) in [5.74, 6) is -0.661. The van der Waals surface area contributed by atoms with Crippen molar-refractivity contribution in [3.05, 3.63) is 35.4 Å². The van der Waals surface area contributed by atoms with Crippen molar-refractivity contribution in [1.82, 2.24) is 10.2 Å². The van der Waals surface area contributed by atoms with E-state index in [1.807, 2.05) is 19.1 Å². The molecule has 2 amide bonds. The number of ether oxygens (including phenoxy) is 1. The van der Waals surface area contributed by atoms with Crippen LogP contribution in [0.5, 0.6) is 0 Å². The van der Waals surface area contributed by atoms with Gasteiger partial charge in [0.2, 0.25) is 5.91 Å². The normalized spacial score (nSPS) is 10.0. The summed E-state index contributed by atoms with van der Waals surface area (Å²) in [6.45, 7) is 6.36. The number of nitrogens with zero attached hydrogens (tertiary/aromatic N) is 1. The molecule has 1 aromatic rings. The van der Waals surface area contributed by atoms with Gasteiger partial charge in [0.25, 0.3) is 5.91 Å². The van der Waals surface area contributed by atoms with E-state index in [2.05, 4.69) is 5.32 Å². The Bertz CT molecular complexity index is 540. The Hall–Kier alpha value is -2.37. The second-order valence-corrected chi connectivity index (χ2v) is 5.20. The molecule has 0 heterocycles. The van der Waals surface area contributed by atoms with Crippen LogP contribution >= 0.6 is 0 Å². The summed E-state index contributed by atoms with van der Waals surface area (Å²) in [6.07, 6.45) is 0.130. The highest BCUT2D eigenvalue weighted by molar-refractivity contribution is 5.94. The van der Waals surface area contributed by atoms with Crippen molar-refractivity contribution in [2.24, 2.45) is 0 Å². The highest BCUT2D eigenvalue weighted by Crippen LogP contribution is 2.08. The molecule has 0 aromatic heterocycles. The molecular weight excluding hydrogens is 296 g/mol. The first-order valence-electron chi connectivity index (χ1n) is 7.70. The predicted molar refractivity (Wildman–Crippen MR) is 87.0 cm³/mol. The molecule has 0 saturated heterocycles. The highest BCUT2D eigenvalue weighted by atomic mass is 16.5. The van der Waals surface area contributed by atoms with Crippen LogP contribution in [-0.4, -0.2) is 48.9 Å². The SMILES string of the molecule is CCOC(=O)CCN(CCNC(C)=O)C(=O)c1ccc(C)cc1. The second-order valence-electron chi connectivity index (χ2n) is 5.20. The molecule has 6 heteroatoms. The van der Waals surface area contributed by atoms with Gasteiger partial charge < -0.3 is 15.0 Å². The van der Waals surface area contributed by atoms with E-state index in [1.54, 1.807) is 24.0 Å². The van der Waals surface area contributed by atoms with Crippen LogP contribution in [0.1, 0.15) is 36.2 Å². The lowest BCUT2D eigenvalue weighted by atomic mass is 10.1. The quantitative estimate of drug-likeness (QED) is 0.737. The van der Waals surface area contributed by atoms with Crippen LogP contribution in [0, 0.1) is 6.92 Å². The van der Waals surface area contributed by atoms with Gasteiger partial charge in [0.15, 0.2) is 0 Å². The molecule has 0 spiro atoms. The zero-order valence-corrected chi connectivity index (χ0v) is 13.9. The third-order valence-corrected chi connectivity index (χ3v) is 3.23. The molecular formula is C17H24N2O4. The van der Waals surface area contributed by atoms with Gasteiger partial charge in [0, 0.05) is 32.1 Å². The fourth-order valence-electron chi connectivity index (χ4n) is 2.02. The van der Waals surface area contributed by atoms with Gasteiger partial charge in [-0.05, 0) is 26.0 Å². The van der Waals surface area contributed by atoms with Gasteiger partial charge in [-0.2, -0.15) is 0 Å². The first-order chi connectivity index (χ1) is 10.9. The maximum absolute atomic E-state index is 12.6. The molecule has 0 atom stereocenters. The average molecular weight is 320 g/mol. The fraction of sp³-hybridized carbons (Fsp3) is 0.471. The standard InChI is InChI=1S/C17H24N2O4/c1-4-23-16(21)9-11-19(12-10-18-14(3)20)17(22)15-7-5-13(2)6-8-15/h5-8H,4,9-12H2,1-3H3,(H,18,20). The van der Waals surface area contributed by atoms with E-state index in [-0.39, 0.29) is 30.7 Å². The molecule has 0 fully saturated rings. The number of amides is 2. The van der Waals surface area contributed by atoms with Crippen LogP contribution in [0.15, 0.2) is 24.3 Å². The molecule has 1 N–H and O–H groups in total. The Morgan fingerprint density at radius 1 is 1.13 bits per heavy atom. The van der Waals surface area contributed by atoms with E-state index in [4.69, 9.17) is 4.74 Å². The fourth-order valence-corrected chi connectivity index (χ4v) is 2.02. The Kier molecular flexibility index (Phi) is 7.80. The van der Waals surface area contributed by atoms with Gasteiger partial charge in [0.1, 0.15) is 0 Å². The van der Waals surface area contributed by atoms with E-state index in [9.17, 15) is 14.4 Å². The maximum atomic E-state index is 12.6. The smallest absolute Gasteiger partial charge is 0.307 e. The molecule has 0 aliphatic rings. The lowest BCUT2D eigenvalue weighted by Crippen LogP contribution is -2.39. The van der Waals surface area contributed by atoms with Crippen LogP contribution in [0.3, 0.4) is 0 Å². The number of carbonyl (C=O) groups excluding carboxylic acids is 3. The van der Waals surface area contributed by atoms with Gasteiger partial charge in [0.05, 0.1) is 13.0 Å². The lowest BCUT2D eigenvalue weighted by molar-refractivity contribution is -0.143. The largest absolute Gasteiger partial charge is 0.466 e.